The molecule has 226 valence electrons. The Morgan fingerprint density at radius 1 is 1.21 bits per heavy atom. The molecule has 0 unspecified atom stereocenters. The Morgan fingerprint density at radius 3 is 2.88 bits per heavy atom. The lowest BCUT2D eigenvalue weighted by molar-refractivity contribution is -0.125. The number of ether oxygens (including phenoxy) is 1. The average Bonchev–Trinajstić information content (AvgIpc) is 3.73. The summed E-state index contributed by atoms with van der Waals surface area (Å²) < 4.78 is 20.9. The number of carbonyl (C=O) groups is 1. The third kappa shape index (κ3) is 5.10. The van der Waals surface area contributed by atoms with E-state index in [4.69, 9.17) is 26.3 Å². The number of benzene rings is 2. The van der Waals surface area contributed by atoms with Crippen LogP contribution >= 0.6 is 11.6 Å². The molecule has 0 aliphatic carbocycles. The van der Waals surface area contributed by atoms with Crippen molar-refractivity contribution < 1.29 is 13.9 Å². The van der Waals surface area contributed by atoms with Crippen LogP contribution in [0.15, 0.2) is 49.1 Å². The molecule has 43 heavy (non-hydrogen) atoms. The highest BCUT2D eigenvalue weighted by Gasteiger charge is 2.49. The van der Waals surface area contributed by atoms with Crippen LogP contribution in [0.4, 0.5) is 15.9 Å². The first-order valence-electron chi connectivity index (χ1n) is 15.3. The molecule has 7 rings (SSSR count). The van der Waals surface area contributed by atoms with E-state index in [1.807, 2.05) is 17.0 Å². The number of likely N-dealkylation sites (tertiary alicyclic amines) is 1. The van der Waals surface area contributed by atoms with Crippen LogP contribution in [-0.2, 0) is 17.8 Å². The first-order valence-corrected chi connectivity index (χ1v) is 15.7. The topological polar surface area (TPSA) is 65.0 Å². The Morgan fingerprint density at radius 2 is 2.05 bits per heavy atom. The van der Waals surface area contributed by atoms with E-state index in [1.54, 1.807) is 0 Å². The Bertz CT molecular complexity index is 1560. The molecule has 10 heteroatoms. The Balaban J connectivity index is 1.22. The van der Waals surface area contributed by atoms with Crippen molar-refractivity contribution in [2.75, 3.05) is 56.2 Å². The fourth-order valence-electron chi connectivity index (χ4n) is 7.70. The number of halogens is 2. The normalized spacial score (nSPS) is 25.2. The van der Waals surface area contributed by atoms with Crippen LogP contribution in [0.3, 0.4) is 0 Å². The number of likely N-dealkylation sites (N-methyl/N-ethyl adjacent to an activating group) is 1. The van der Waals surface area contributed by atoms with Crippen molar-refractivity contribution in [1.29, 1.82) is 0 Å². The molecule has 1 aromatic heterocycles. The lowest BCUT2D eigenvalue weighted by Gasteiger charge is -2.35. The van der Waals surface area contributed by atoms with E-state index < -0.39 is 6.17 Å². The molecular formula is C33H38ClFN6O2. The maximum atomic E-state index is 14.5. The number of rotatable bonds is 7. The second-order valence-electron chi connectivity index (χ2n) is 12.4. The van der Waals surface area contributed by atoms with Gasteiger partial charge in [-0.15, -0.1) is 0 Å². The lowest BCUT2D eigenvalue weighted by atomic mass is 9.95. The molecule has 3 saturated heterocycles. The summed E-state index contributed by atoms with van der Waals surface area (Å²) in [6, 6.07) is 12.7. The van der Waals surface area contributed by atoms with Gasteiger partial charge in [0.15, 0.2) is 0 Å². The number of hydrogen-bond acceptors (Lipinski definition) is 7. The highest BCUT2D eigenvalue weighted by molar-refractivity contribution is 6.36. The zero-order valence-corrected chi connectivity index (χ0v) is 25.4. The first-order chi connectivity index (χ1) is 20.8. The predicted molar refractivity (Wildman–Crippen MR) is 168 cm³/mol. The van der Waals surface area contributed by atoms with E-state index in [2.05, 4.69) is 52.6 Å². The van der Waals surface area contributed by atoms with Gasteiger partial charge in [-0.1, -0.05) is 42.4 Å². The maximum Gasteiger partial charge on any atom is 0.318 e. The minimum Gasteiger partial charge on any atom is -0.461 e. The van der Waals surface area contributed by atoms with Gasteiger partial charge in [0, 0.05) is 62.3 Å². The van der Waals surface area contributed by atoms with Crippen LogP contribution in [0.1, 0.15) is 36.9 Å². The van der Waals surface area contributed by atoms with Gasteiger partial charge < -0.3 is 19.4 Å². The molecule has 4 aliphatic heterocycles. The average molecular weight is 605 g/mol. The van der Waals surface area contributed by atoms with E-state index in [0.717, 1.165) is 77.3 Å². The number of aromatic nitrogens is 2. The van der Waals surface area contributed by atoms with Crippen molar-refractivity contribution in [3.8, 4) is 6.01 Å². The smallest absolute Gasteiger partial charge is 0.318 e. The number of amides is 1. The Kier molecular flexibility index (Phi) is 7.42. The van der Waals surface area contributed by atoms with Crippen molar-refractivity contribution >= 4 is 39.8 Å². The summed E-state index contributed by atoms with van der Waals surface area (Å²) in [7, 11) is 2.05. The molecule has 0 radical (unpaired) electrons. The monoisotopic (exact) mass is 604 g/mol. The largest absolute Gasteiger partial charge is 0.461 e. The number of hydrogen-bond donors (Lipinski definition) is 0. The van der Waals surface area contributed by atoms with E-state index in [0.29, 0.717) is 45.2 Å². The zero-order chi connectivity index (χ0) is 29.7. The van der Waals surface area contributed by atoms with Crippen molar-refractivity contribution in [3.05, 3.63) is 65.3 Å². The number of carbonyl (C=O) groups excluding carboxylic acids is 1. The van der Waals surface area contributed by atoms with Crippen LogP contribution in [-0.4, -0.2) is 89.8 Å². The van der Waals surface area contributed by atoms with Gasteiger partial charge in [-0.05, 0) is 55.8 Å². The van der Waals surface area contributed by atoms with E-state index >= 15 is 0 Å². The quantitative estimate of drug-likeness (QED) is 0.351. The highest BCUT2D eigenvalue weighted by atomic mass is 35.5. The maximum absolute atomic E-state index is 14.5. The van der Waals surface area contributed by atoms with Crippen LogP contribution < -0.4 is 14.5 Å². The Labute approximate surface area is 257 Å². The van der Waals surface area contributed by atoms with Gasteiger partial charge in [0.05, 0.1) is 22.8 Å². The minimum atomic E-state index is -0.820. The van der Waals surface area contributed by atoms with Gasteiger partial charge in [-0.25, -0.2) is 4.39 Å². The van der Waals surface area contributed by atoms with Crippen LogP contribution in [0.25, 0.3) is 10.8 Å². The minimum absolute atomic E-state index is 0.0443. The molecule has 0 spiro atoms. The van der Waals surface area contributed by atoms with Gasteiger partial charge in [-0.3, -0.25) is 9.69 Å². The molecule has 2 aromatic carbocycles. The SMILES string of the molecule is C=CC(=O)N1CC[C@@H](N(C)c2nc(OC[C@]34CCCN3C[C@H](F)C4)nc3c2CCN(c2cccc4cccc(Cl)c24)C3)C1. The summed E-state index contributed by atoms with van der Waals surface area (Å²) in [5, 5.41) is 2.87. The third-order valence-corrected chi connectivity index (χ3v) is 10.3. The van der Waals surface area contributed by atoms with Gasteiger partial charge in [-0.2, -0.15) is 9.97 Å². The van der Waals surface area contributed by atoms with Crippen LogP contribution in [0, 0.1) is 0 Å². The third-order valence-electron chi connectivity index (χ3n) is 9.96. The molecule has 0 N–H and O–H groups in total. The van der Waals surface area contributed by atoms with Crippen molar-refractivity contribution in [2.24, 2.45) is 0 Å². The summed E-state index contributed by atoms with van der Waals surface area (Å²) in [6.07, 6.45) is 4.65. The predicted octanol–water partition coefficient (Wildman–Crippen LogP) is 5.02. The molecule has 1 amide bonds. The number of anilines is 2. The summed E-state index contributed by atoms with van der Waals surface area (Å²) in [6.45, 7) is 8.12. The van der Waals surface area contributed by atoms with Crippen LogP contribution in [0.2, 0.25) is 5.02 Å². The molecule has 3 fully saturated rings. The fraction of sp³-hybridized carbons (Fsp3) is 0.485. The van der Waals surface area contributed by atoms with E-state index in [-0.39, 0.29) is 17.5 Å². The number of fused-ring (bicyclic) bond motifs is 3. The number of nitrogens with zero attached hydrogens (tertiary/aromatic N) is 6. The molecule has 3 aromatic rings. The summed E-state index contributed by atoms with van der Waals surface area (Å²) in [4.78, 5) is 30.9. The second-order valence-corrected chi connectivity index (χ2v) is 12.9. The standard InChI is InChI=1S/C33H38ClFN6O2/c1-3-29(42)40-15-11-24(19-40)38(2)31-25-12-16-39(28-10-5-8-22-7-4-9-26(34)30(22)28)20-27(25)36-32(37-31)43-21-33-13-6-14-41(33)18-23(35)17-33/h3-5,7-10,23-24H,1,6,11-21H2,2H3/t23-,24-,33-/m1/s1. The molecule has 0 bridgehead atoms. The van der Waals surface area contributed by atoms with E-state index in [9.17, 15) is 9.18 Å². The van der Waals surface area contributed by atoms with Gasteiger partial charge in [0.2, 0.25) is 5.91 Å². The summed E-state index contributed by atoms with van der Waals surface area (Å²) in [5.74, 6) is 0.807. The van der Waals surface area contributed by atoms with Gasteiger partial charge >= 0.3 is 6.01 Å². The molecule has 5 heterocycles. The van der Waals surface area contributed by atoms with E-state index in [1.165, 1.54) is 6.08 Å². The lowest BCUT2D eigenvalue weighted by Crippen LogP contribution is -2.44. The van der Waals surface area contributed by atoms with Gasteiger partial charge in [0.1, 0.15) is 18.6 Å². The van der Waals surface area contributed by atoms with Crippen molar-refractivity contribution in [2.45, 2.75) is 56.4 Å². The zero-order valence-electron chi connectivity index (χ0n) is 24.6. The molecule has 8 nitrogen and oxygen atoms in total. The molecule has 3 atom stereocenters. The first kappa shape index (κ1) is 28.3. The molecular weight excluding hydrogens is 567 g/mol. The number of alkyl halides is 1. The highest BCUT2D eigenvalue weighted by Crippen LogP contribution is 2.41. The molecule has 0 saturated carbocycles. The summed E-state index contributed by atoms with van der Waals surface area (Å²) in [5.41, 5.74) is 2.83. The molecule has 4 aliphatic rings. The second kappa shape index (κ2) is 11.2. The summed E-state index contributed by atoms with van der Waals surface area (Å²) >= 11 is 6.70. The van der Waals surface area contributed by atoms with Crippen molar-refractivity contribution in [3.63, 3.8) is 0 Å². The van der Waals surface area contributed by atoms with Crippen molar-refractivity contribution in [1.82, 2.24) is 19.8 Å². The van der Waals surface area contributed by atoms with Gasteiger partial charge in [0.25, 0.3) is 0 Å². The van der Waals surface area contributed by atoms with Crippen LogP contribution in [0.5, 0.6) is 6.01 Å². The fourth-order valence-corrected chi connectivity index (χ4v) is 7.98. The Hall–Kier alpha value is -3.43.